The summed E-state index contributed by atoms with van der Waals surface area (Å²) in [5.74, 6) is -0.0210. The number of anilines is 1. The molecule has 1 saturated carbocycles. The number of fused-ring (bicyclic) bond motifs is 1. The van der Waals surface area contributed by atoms with Gasteiger partial charge in [-0.1, -0.05) is 23.2 Å². The van der Waals surface area contributed by atoms with E-state index in [2.05, 4.69) is 16.0 Å². The van der Waals surface area contributed by atoms with Crippen LogP contribution in [0.25, 0.3) is 16.6 Å². The van der Waals surface area contributed by atoms with Crippen molar-refractivity contribution in [1.82, 2.24) is 14.5 Å². The Labute approximate surface area is 189 Å². The second-order valence-electron chi connectivity index (χ2n) is 8.15. The van der Waals surface area contributed by atoms with E-state index in [-0.39, 0.29) is 24.7 Å². The highest BCUT2D eigenvalue weighted by Crippen LogP contribution is 2.52. The van der Waals surface area contributed by atoms with Crippen molar-refractivity contribution in [2.24, 2.45) is 0 Å². The Morgan fingerprint density at radius 1 is 1.32 bits per heavy atom. The second-order valence-corrected chi connectivity index (χ2v) is 8.93. The molecule has 2 fully saturated rings. The molecule has 7 nitrogen and oxygen atoms in total. The summed E-state index contributed by atoms with van der Waals surface area (Å²) in [6.07, 6.45) is 9.44. The largest absolute Gasteiger partial charge is 0.481 e. The van der Waals surface area contributed by atoms with Gasteiger partial charge in [-0.2, -0.15) is 0 Å². The number of piperidine rings is 1. The summed E-state index contributed by atoms with van der Waals surface area (Å²) < 4.78 is 7.88. The highest BCUT2D eigenvalue weighted by Gasteiger charge is 2.60. The van der Waals surface area contributed by atoms with Crippen LogP contribution in [-0.2, 0) is 9.53 Å². The van der Waals surface area contributed by atoms with Crippen LogP contribution in [0, 0.1) is 0 Å². The minimum absolute atomic E-state index is 0.0103. The number of halogens is 2. The molecule has 3 heterocycles. The number of ether oxygens (including phenoxy) is 1. The number of pyridine rings is 1. The van der Waals surface area contributed by atoms with Gasteiger partial charge in [0.2, 0.25) is 0 Å². The van der Waals surface area contributed by atoms with Gasteiger partial charge in [-0.05, 0) is 31.4 Å². The van der Waals surface area contributed by atoms with Gasteiger partial charge < -0.3 is 19.3 Å². The van der Waals surface area contributed by atoms with Crippen LogP contribution in [0.5, 0.6) is 0 Å². The van der Waals surface area contributed by atoms with Crippen LogP contribution in [0.1, 0.15) is 32.1 Å². The molecule has 9 heteroatoms. The van der Waals surface area contributed by atoms with E-state index in [1.54, 1.807) is 18.6 Å². The summed E-state index contributed by atoms with van der Waals surface area (Å²) in [5, 5.41) is 10.7. The molecule has 5 rings (SSSR count). The fourth-order valence-electron chi connectivity index (χ4n) is 4.67. The van der Waals surface area contributed by atoms with Crippen LogP contribution >= 0.6 is 23.2 Å². The van der Waals surface area contributed by atoms with E-state index in [4.69, 9.17) is 38.0 Å². The minimum atomic E-state index is -0.845. The topological polar surface area (TPSA) is 80.5 Å². The second kappa shape index (κ2) is 7.97. The Kier molecular flexibility index (Phi) is 5.28. The molecule has 0 radical (unpaired) electrons. The lowest BCUT2D eigenvalue weighted by Crippen LogP contribution is -2.45. The van der Waals surface area contributed by atoms with E-state index in [0.29, 0.717) is 15.6 Å². The number of carbonyl (C=O) groups is 1. The average molecular weight is 461 g/mol. The first-order chi connectivity index (χ1) is 15.0. The molecule has 1 aliphatic carbocycles. The quantitative estimate of drug-likeness (QED) is 0.572. The lowest BCUT2D eigenvalue weighted by Gasteiger charge is -2.38. The molecule has 1 N–H and O–H groups in total. The highest BCUT2D eigenvalue weighted by molar-refractivity contribution is 6.45. The number of hydrogen-bond donors (Lipinski definition) is 1. The Bertz CT molecular complexity index is 1140. The van der Waals surface area contributed by atoms with Crippen molar-refractivity contribution >= 4 is 45.9 Å². The third-order valence-corrected chi connectivity index (χ3v) is 7.08. The first-order valence-corrected chi connectivity index (χ1v) is 11.1. The van der Waals surface area contributed by atoms with Gasteiger partial charge in [0, 0.05) is 36.8 Å². The zero-order chi connectivity index (χ0) is 21.6. The van der Waals surface area contributed by atoms with Crippen LogP contribution in [-0.4, -0.2) is 50.4 Å². The molecule has 162 valence electrons. The fourth-order valence-corrected chi connectivity index (χ4v) is 5.03. The maximum Gasteiger partial charge on any atom is 0.305 e. The van der Waals surface area contributed by atoms with Gasteiger partial charge >= 0.3 is 5.97 Å². The molecular formula is C22H22Cl2N4O3. The lowest BCUT2D eigenvalue weighted by molar-refractivity contribution is -0.138. The first-order valence-electron chi connectivity index (χ1n) is 10.4. The lowest BCUT2D eigenvalue weighted by atomic mass is 9.99. The average Bonchev–Trinajstić information content (AvgIpc) is 3.17. The molecule has 3 aromatic rings. The summed E-state index contributed by atoms with van der Waals surface area (Å²) in [5.41, 5.74) is 1.44. The third-order valence-electron chi connectivity index (χ3n) is 6.29. The maximum absolute atomic E-state index is 10.9. The number of rotatable bonds is 6. The summed E-state index contributed by atoms with van der Waals surface area (Å²) >= 11 is 12.9. The number of aliphatic carboxylic acids is 1. The van der Waals surface area contributed by atoms with Crippen molar-refractivity contribution in [3.63, 3.8) is 0 Å². The van der Waals surface area contributed by atoms with Crippen molar-refractivity contribution in [3.05, 3.63) is 47.0 Å². The molecular weight excluding hydrogens is 439 g/mol. The van der Waals surface area contributed by atoms with E-state index >= 15 is 0 Å². The molecule has 31 heavy (non-hydrogen) atoms. The van der Waals surface area contributed by atoms with Crippen LogP contribution in [0.15, 0.2) is 36.9 Å². The number of nitrogens with zero attached hydrogens (tertiary/aromatic N) is 4. The first kappa shape index (κ1) is 20.5. The molecule has 1 saturated heterocycles. The number of carboxylic acid groups (broad SMARTS) is 1. The molecule has 1 unspecified atom stereocenters. The number of hydrogen-bond acceptors (Lipinski definition) is 5. The van der Waals surface area contributed by atoms with Gasteiger partial charge in [-0.3, -0.25) is 4.79 Å². The Morgan fingerprint density at radius 2 is 2.19 bits per heavy atom. The Balaban J connectivity index is 1.56. The smallest absolute Gasteiger partial charge is 0.305 e. The van der Waals surface area contributed by atoms with Crippen molar-refractivity contribution in [2.75, 3.05) is 18.1 Å². The maximum atomic E-state index is 10.9. The number of benzene rings is 1. The van der Waals surface area contributed by atoms with Crippen molar-refractivity contribution in [1.29, 1.82) is 0 Å². The molecule has 0 bridgehead atoms. The van der Waals surface area contributed by atoms with Crippen LogP contribution < -0.4 is 4.90 Å². The van der Waals surface area contributed by atoms with Gasteiger partial charge in [0.1, 0.15) is 5.82 Å². The van der Waals surface area contributed by atoms with E-state index in [1.807, 2.05) is 16.8 Å². The molecule has 2 aliphatic rings. The van der Waals surface area contributed by atoms with Crippen molar-refractivity contribution < 1.29 is 14.6 Å². The molecule has 1 aromatic carbocycles. The van der Waals surface area contributed by atoms with Gasteiger partial charge in [0.25, 0.3) is 0 Å². The Hall–Kier alpha value is -2.35. The van der Waals surface area contributed by atoms with E-state index < -0.39 is 5.97 Å². The number of imidazole rings is 1. The number of carboxylic acids is 1. The predicted molar refractivity (Wildman–Crippen MR) is 119 cm³/mol. The van der Waals surface area contributed by atoms with Gasteiger partial charge in [0.05, 0.1) is 52.2 Å². The minimum Gasteiger partial charge on any atom is -0.481 e. The van der Waals surface area contributed by atoms with Crippen molar-refractivity contribution in [3.8, 4) is 5.69 Å². The molecule has 2 aromatic heterocycles. The predicted octanol–water partition coefficient (Wildman–Crippen LogP) is 4.72. The zero-order valence-electron chi connectivity index (χ0n) is 16.8. The molecule has 0 amide bonds. The summed E-state index contributed by atoms with van der Waals surface area (Å²) in [7, 11) is 0. The summed E-state index contributed by atoms with van der Waals surface area (Å²) in [6, 6.07) is 5.77. The zero-order valence-corrected chi connectivity index (χ0v) is 18.3. The van der Waals surface area contributed by atoms with Crippen molar-refractivity contribution in [2.45, 2.75) is 43.7 Å². The van der Waals surface area contributed by atoms with Gasteiger partial charge in [-0.15, -0.1) is 0 Å². The molecule has 1 spiro atoms. The summed E-state index contributed by atoms with van der Waals surface area (Å²) in [6.45, 7) is 1.08. The molecule has 2 atom stereocenters. The van der Waals surface area contributed by atoms with Crippen LogP contribution in [0.3, 0.4) is 0 Å². The molecule has 1 aliphatic heterocycles. The Morgan fingerprint density at radius 3 is 2.97 bits per heavy atom. The summed E-state index contributed by atoms with van der Waals surface area (Å²) in [4.78, 5) is 22.3. The van der Waals surface area contributed by atoms with E-state index in [9.17, 15) is 4.79 Å². The van der Waals surface area contributed by atoms with Gasteiger partial charge in [-0.25, -0.2) is 9.97 Å². The monoisotopic (exact) mass is 460 g/mol. The van der Waals surface area contributed by atoms with Crippen LogP contribution in [0.2, 0.25) is 10.0 Å². The third kappa shape index (κ3) is 3.64. The SMILES string of the molecule is O=C(O)CCOC1C[C@]12CCCCN2c1cc(-n2ccnc2)c2ccc(Cl)c(Cl)c2n1. The standard InChI is InChI=1S/C22H22Cl2N4O3/c23-15-4-3-14-16(27-9-7-25-13-27)11-18(26-21(14)20(15)24)28-8-2-1-6-22(28)12-17(22)31-10-5-19(29)30/h3-4,7,9,11,13,17H,1-2,5-6,8,10,12H2,(H,29,30)/t17?,22-/m1/s1. The highest BCUT2D eigenvalue weighted by atomic mass is 35.5. The van der Waals surface area contributed by atoms with Gasteiger partial charge in [0.15, 0.2) is 0 Å². The number of aromatic nitrogens is 3. The normalized spacial score (nSPS) is 22.9. The van der Waals surface area contributed by atoms with Crippen LogP contribution in [0.4, 0.5) is 5.82 Å². The van der Waals surface area contributed by atoms with E-state index in [1.165, 1.54) is 0 Å². The fraction of sp³-hybridized carbons (Fsp3) is 0.409. The van der Waals surface area contributed by atoms with E-state index in [0.717, 1.165) is 49.1 Å².